The van der Waals surface area contributed by atoms with Crippen LogP contribution >= 0.6 is 0 Å². The van der Waals surface area contributed by atoms with Crippen LogP contribution in [0.4, 0.5) is 0 Å². The summed E-state index contributed by atoms with van der Waals surface area (Å²) in [6, 6.07) is 1.71. The number of nitrogens with two attached hydrogens (primary N) is 1. The van der Waals surface area contributed by atoms with E-state index in [1.165, 1.54) is 0 Å². The molecule has 1 rings (SSSR count). The van der Waals surface area contributed by atoms with Crippen LogP contribution in [0, 0.1) is 6.92 Å². The van der Waals surface area contributed by atoms with Crippen molar-refractivity contribution in [2.45, 2.75) is 19.4 Å². The van der Waals surface area contributed by atoms with Gasteiger partial charge >= 0.3 is 0 Å². The van der Waals surface area contributed by atoms with E-state index in [1.54, 1.807) is 6.07 Å². The first kappa shape index (κ1) is 8.23. The number of rotatable bonds is 3. The smallest absolute Gasteiger partial charge is 0.165 e. The Morgan fingerprint density at radius 2 is 2.55 bits per heavy atom. The molecule has 1 aromatic heterocycles. The van der Waals surface area contributed by atoms with E-state index >= 15 is 0 Å². The van der Waals surface area contributed by atoms with Crippen molar-refractivity contribution >= 4 is 0 Å². The van der Waals surface area contributed by atoms with Crippen LogP contribution in [0.1, 0.15) is 24.0 Å². The molecule has 0 aliphatic heterocycles. The Hall–Kier alpha value is -0.870. The molecule has 0 radical (unpaired) electrons. The average Bonchev–Trinajstić information content (AvgIpc) is 2.36. The van der Waals surface area contributed by atoms with E-state index in [-0.39, 0.29) is 0 Å². The third-order valence-electron chi connectivity index (χ3n) is 1.41. The van der Waals surface area contributed by atoms with Gasteiger partial charge in [0.2, 0.25) is 0 Å². The van der Waals surface area contributed by atoms with E-state index in [2.05, 4.69) is 5.16 Å². The molecule has 1 aromatic rings. The average molecular weight is 156 g/mol. The highest BCUT2D eigenvalue weighted by Crippen LogP contribution is 2.15. The van der Waals surface area contributed by atoms with Gasteiger partial charge in [-0.3, -0.25) is 0 Å². The number of nitrogens with zero attached hydrogens (tertiary/aromatic N) is 1. The first-order valence-corrected chi connectivity index (χ1v) is 3.55. The van der Waals surface area contributed by atoms with Crippen LogP contribution in [0.3, 0.4) is 0 Å². The number of hydrogen-bond acceptors (Lipinski definition) is 4. The van der Waals surface area contributed by atoms with Crippen molar-refractivity contribution in [3.05, 3.63) is 17.5 Å². The third-order valence-corrected chi connectivity index (χ3v) is 1.41. The molecule has 0 saturated heterocycles. The fourth-order valence-corrected chi connectivity index (χ4v) is 0.840. The Labute approximate surface area is 65.0 Å². The molecule has 4 heteroatoms. The van der Waals surface area contributed by atoms with Crippen LogP contribution in [-0.2, 0) is 0 Å². The van der Waals surface area contributed by atoms with Crippen molar-refractivity contribution in [2.75, 3.05) is 6.54 Å². The standard InChI is InChI=1S/C7H12N2O2/c1-5-4-7(11-9-5)6(10)2-3-8/h4,6,10H,2-3,8H2,1H3. The van der Waals surface area contributed by atoms with Gasteiger partial charge in [0.1, 0.15) is 6.10 Å². The summed E-state index contributed by atoms with van der Waals surface area (Å²) in [4.78, 5) is 0. The van der Waals surface area contributed by atoms with E-state index in [0.717, 1.165) is 5.69 Å². The first-order chi connectivity index (χ1) is 5.24. The zero-order chi connectivity index (χ0) is 8.27. The van der Waals surface area contributed by atoms with Gasteiger partial charge in [0.05, 0.1) is 5.69 Å². The second-order valence-electron chi connectivity index (χ2n) is 2.46. The summed E-state index contributed by atoms with van der Waals surface area (Å²) in [7, 11) is 0. The Morgan fingerprint density at radius 1 is 1.82 bits per heavy atom. The zero-order valence-electron chi connectivity index (χ0n) is 6.45. The number of aliphatic hydroxyl groups excluding tert-OH is 1. The van der Waals surface area contributed by atoms with Gasteiger partial charge in [0.15, 0.2) is 5.76 Å². The molecule has 0 bridgehead atoms. The zero-order valence-corrected chi connectivity index (χ0v) is 6.45. The van der Waals surface area contributed by atoms with Gasteiger partial charge in [0.25, 0.3) is 0 Å². The molecule has 0 saturated carbocycles. The van der Waals surface area contributed by atoms with E-state index in [1.807, 2.05) is 6.92 Å². The highest BCUT2D eigenvalue weighted by molar-refractivity contribution is 5.05. The highest BCUT2D eigenvalue weighted by Gasteiger charge is 2.10. The molecular weight excluding hydrogens is 144 g/mol. The summed E-state index contributed by atoms with van der Waals surface area (Å²) in [5, 5.41) is 13.0. The molecule has 0 fully saturated rings. The molecule has 0 aromatic carbocycles. The minimum Gasteiger partial charge on any atom is -0.385 e. The lowest BCUT2D eigenvalue weighted by Gasteiger charge is -2.02. The molecule has 3 N–H and O–H groups in total. The quantitative estimate of drug-likeness (QED) is 0.663. The molecular formula is C7H12N2O2. The molecule has 11 heavy (non-hydrogen) atoms. The lowest BCUT2D eigenvalue weighted by atomic mass is 10.2. The maximum absolute atomic E-state index is 9.32. The largest absolute Gasteiger partial charge is 0.385 e. The predicted molar refractivity (Wildman–Crippen MR) is 39.9 cm³/mol. The molecule has 4 nitrogen and oxygen atoms in total. The Morgan fingerprint density at radius 3 is 3.00 bits per heavy atom. The number of aryl methyl sites for hydroxylation is 1. The normalized spacial score (nSPS) is 13.4. The van der Waals surface area contributed by atoms with Gasteiger partial charge in [-0.2, -0.15) is 0 Å². The molecule has 1 atom stereocenters. The number of aromatic nitrogens is 1. The van der Waals surface area contributed by atoms with E-state index in [4.69, 9.17) is 10.3 Å². The summed E-state index contributed by atoms with van der Waals surface area (Å²) in [6.07, 6.45) is -0.101. The van der Waals surface area contributed by atoms with Gasteiger partial charge in [-0.1, -0.05) is 5.16 Å². The first-order valence-electron chi connectivity index (χ1n) is 3.55. The minimum atomic E-state index is -0.610. The Kier molecular flexibility index (Phi) is 2.62. The van der Waals surface area contributed by atoms with Crippen LogP contribution in [0.25, 0.3) is 0 Å². The molecule has 62 valence electrons. The fraction of sp³-hybridized carbons (Fsp3) is 0.571. The van der Waals surface area contributed by atoms with Gasteiger partial charge in [-0.15, -0.1) is 0 Å². The summed E-state index contributed by atoms with van der Waals surface area (Å²) in [6.45, 7) is 2.25. The van der Waals surface area contributed by atoms with Gasteiger partial charge in [-0.05, 0) is 19.9 Å². The van der Waals surface area contributed by atoms with Crippen LogP contribution < -0.4 is 5.73 Å². The molecule has 1 unspecified atom stereocenters. The van der Waals surface area contributed by atoms with Gasteiger partial charge in [0, 0.05) is 6.07 Å². The van der Waals surface area contributed by atoms with Crippen molar-refractivity contribution < 1.29 is 9.63 Å². The van der Waals surface area contributed by atoms with Crippen molar-refractivity contribution in [3.8, 4) is 0 Å². The minimum absolute atomic E-state index is 0.445. The summed E-state index contributed by atoms with van der Waals surface area (Å²) in [5.74, 6) is 0.493. The lowest BCUT2D eigenvalue weighted by Crippen LogP contribution is -2.05. The second kappa shape index (κ2) is 3.50. The summed E-state index contributed by atoms with van der Waals surface area (Å²) < 4.78 is 4.82. The van der Waals surface area contributed by atoms with Crippen molar-refractivity contribution in [3.63, 3.8) is 0 Å². The monoisotopic (exact) mass is 156 g/mol. The summed E-state index contributed by atoms with van der Waals surface area (Å²) >= 11 is 0. The third kappa shape index (κ3) is 2.03. The lowest BCUT2D eigenvalue weighted by molar-refractivity contribution is 0.133. The van der Waals surface area contributed by atoms with Crippen molar-refractivity contribution in [2.24, 2.45) is 5.73 Å². The Bertz CT molecular complexity index is 222. The van der Waals surface area contributed by atoms with E-state index < -0.39 is 6.10 Å². The number of aliphatic hydroxyl groups is 1. The van der Waals surface area contributed by atoms with E-state index in [9.17, 15) is 5.11 Å². The highest BCUT2D eigenvalue weighted by atomic mass is 16.5. The predicted octanol–water partition coefficient (Wildman–Crippen LogP) is 0.365. The van der Waals surface area contributed by atoms with Crippen LogP contribution in [-0.4, -0.2) is 16.8 Å². The van der Waals surface area contributed by atoms with Crippen molar-refractivity contribution in [1.29, 1.82) is 0 Å². The topological polar surface area (TPSA) is 72.3 Å². The molecule has 0 aliphatic carbocycles. The SMILES string of the molecule is Cc1cc(C(O)CCN)on1. The van der Waals surface area contributed by atoms with Crippen LogP contribution in [0.5, 0.6) is 0 Å². The fourth-order valence-electron chi connectivity index (χ4n) is 0.840. The second-order valence-corrected chi connectivity index (χ2v) is 2.46. The molecule has 0 aliphatic rings. The molecule has 0 amide bonds. The van der Waals surface area contributed by atoms with Gasteiger partial charge in [-0.25, -0.2) is 0 Å². The van der Waals surface area contributed by atoms with Crippen LogP contribution in [0.2, 0.25) is 0 Å². The van der Waals surface area contributed by atoms with E-state index in [0.29, 0.717) is 18.7 Å². The number of hydrogen-bond donors (Lipinski definition) is 2. The molecule has 0 spiro atoms. The van der Waals surface area contributed by atoms with Crippen LogP contribution in [0.15, 0.2) is 10.6 Å². The summed E-state index contributed by atoms with van der Waals surface area (Å²) in [5.41, 5.74) is 6.03. The Balaban J connectivity index is 2.60. The van der Waals surface area contributed by atoms with Gasteiger partial charge < -0.3 is 15.4 Å². The van der Waals surface area contributed by atoms with Crippen molar-refractivity contribution in [1.82, 2.24) is 5.16 Å². The molecule has 1 heterocycles. The maximum atomic E-state index is 9.32. The maximum Gasteiger partial charge on any atom is 0.165 e.